The zero-order chi connectivity index (χ0) is 11.5. The molecule has 2 N–H and O–H groups in total. The van der Waals surface area contributed by atoms with Crippen LogP contribution in [0.25, 0.3) is 5.57 Å². The van der Waals surface area contributed by atoms with Gasteiger partial charge in [-0.15, -0.1) is 0 Å². The fraction of sp³-hybridized carbons (Fsp3) is 0. The van der Waals surface area contributed by atoms with Crippen LogP contribution in [0, 0.1) is 0 Å². The molecule has 0 spiro atoms. The highest BCUT2D eigenvalue weighted by Crippen LogP contribution is 2.30. The first kappa shape index (κ1) is 11.0. The number of anilines is 1. The topological polar surface area (TPSA) is 26.0 Å². The highest BCUT2D eigenvalue weighted by Gasteiger charge is 2.07. The quantitative estimate of drug-likeness (QED) is 0.820. The fourth-order valence-corrected chi connectivity index (χ4v) is 2.15. The van der Waals surface area contributed by atoms with Crippen molar-refractivity contribution in [2.45, 2.75) is 0 Å². The van der Waals surface area contributed by atoms with E-state index in [4.69, 9.17) is 5.73 Å². The summed E-state index contributed by atoms with van der Waals surface area (Å²) in [5.41, 5.74) is 9.67. The van der Waals surface area contributed by atoms with Crippen LogP contribution >= 0.6 is 15.9 Å². The molecule has 1 nitrogen and oxygen atoms in total. The predicted molar refractivity (Wildman–Crippen MR) is 73.1 cm³/mol. The lowest BCUT2D eigenvalue weighted by molar-refractivity contribution is 1.52. The molecule has 0 aliphatic carbocycles. The van der Waals surface area contributed by atoms with Crippen LogP contribution in [0.4, 0.5) is 5.69 Å². The molecule has 0 bridgehead atoms. The molecule has 0 heterocycles. The van der Waals surface area contributed by atoms with Crippen LogP contribution in [0.1, 0.15) is 11.1 Å². The maximum Gasteiger partial charge on any atom is 0.0393 e. The minimum Gasteiger partial charge on any atom is -0.398 e. The molecule has 80 valence electrons. The molecule has 0 unspecified atom stereocenters. The highest BCUT2D eigenvalue weighted by atomic mass is 79.9. The van der Waals surface area contributed by atoms with E-state index in [0.29, 0.717) is 0 Å². The number of rotatable bonds is 2. The summed E-state index contributed by atoms with van der Waals surface area (Å²) in [4.78, 5) is 0. The molecular weight excluding hydrogens is 262 g/mol. The second-order valence-corrected chi connectivity index (χ2v) is 4.40. The van der Waals surface area contributed by atoms with Crippen molar-refractivity contribution in [3.05, 3.63) is 70.7 Å². The van der Waals surface area contributed by atoms with Gasteiger partial charge in [-0.2, -0.15) is 0 Å². The Morgan fingerprint density at radius 2 is 1.50 bits per heavy atom. The van der Waals surface area contributed by atoms with Crippen LogP contribution in [0.3, 0.4) is 0 Å². The number of nitrogen functional groups attached to an aromatic ring is 1. The van der Waals surface area contributed by atoms with Gasteiger partial charge in [0.15, 0.2) is 0 Å². The van der Waals surface area contributed by atoms with Crippen molar-refractivity contribution in [1.82, 2.24) is 0 Å². The summed E-state index contributed by atoms with van der Waals surface area (Å²) in [6, 6.07) is 15.8. The van der Waals surface area contributed by atoms with Crippen LogP contribution in [-0.4, -0.2) is 0 Å². The third-order valence-electron chi connectivity index (χ3n) is 2.48. The van der Waals surface area contributed by atoms with Crippen molar-refractivity contribution in [2.24, 2.45) is 0 Å². The molecule has 0 aromatic heterocycles. The SMILES string of the molecule is C=C(c1ccccc1N)c1ccccc1Br. The number of para-hydroxylation sites is 1. The Morgan fingerprint density at radius 3 is 2.12 bits per heavy atom. The molecular formula is C14H12BrN. The average molecular weight is 274 g/mol. The first-order chi connectivity index (χ1) is 7.70. The first-order valence-electron chi connectivity index (χ1n) is 4.99. The molecule has 0 atom stereocenters. The Hall–Kier alpha value is -1.54. The van der Waals surface area contributed by atoms with Gasteiger partial charge in [0.25, 0.3) is 0 Å². The van der Waals surface area contributed by atoms with Crippen LogP contribution < -0.4 is 5.73 Å². The van der Waals surface area contributed by atoms with Crippen LogP contribution in [0.15, 0.2) is 59.6 Å². The van der Waals surface area contributed by atoms with Crippen molar-refractivity contribution in [3.63, 3.8) is 0 Å². The molecule has 16 heavy (non-hydrogen) atoms. The van der Waals surface area contributed by atoms with Gasteiger partial charge >= 0.3 is 0 Å². The standard InChI is InChI=1S/C14H12BrN/c1-10(11-6-2-4-8-13(11)15)12-7-3-5-9-14(12)16/h2-9H,1,16H2. The van der Waals surface area contributed by atoms with E-state index in [2.05, 4.69) is 22.5 Å². The Balaban J connectivity index is 2.48. The monoisotopic (exact) mass is 273 g/mol. The molecule has 0 saturated heterocycles. The van der Waals surface area contributed by atoms with E-state index in [9.17, 15) is 0 Å². The zero-order valence-electron chi connectivity index (χ0n) is 8.78. The predicted octanol–water partition coefficient (Wildman–Crippen LogP) is 4.09. The van der Waals surface area contributed by atoms with Gasteiger partial charge in [0, 0.05) is 15.7 Å². The lowest BCUT2D eigenvalue weighted by atomic mass is 9.98. The summed E-state index contributed by atoms with van der Waals surface area (Å²) in [6.07, 6.45) is 0. The van der Waals surface area contributed by atoms with Crippen molar-refractivity contribution < 1.29 is 0 Å². The summed E-state index contributed by atoms with van der Waals surface area (Å²) in [5, 5.41) is 0. The van der Waals surface area contributed by atoms with E-state index in [1.54, 1.807) is 0 Å². The van der Waals surface area contributed by atoms with Crippen LogP contribution in [0.2, 0.25) is 0 Å². The molecule has 2 rings (SSSR count). The second-order valence-electron chi connectivity index (χ2n) is 3.55. The zero-order valence-corrected chi connectivity index (χ0v) is 10.4. The Morgan fingerprint density at radius 1 is 0.938 bits per heavy atom. The number of hydrogen-bond donors (Lipinski definition) is 1. The van der Waals surface area contributed by atoms with E-state index in [1.807, 2.05) is 48.5 Å². The lowest BCUT2D eigenvalue weighted by Gasteiger charge is -2.10. The van der Waals surface area contributed by atoms with E-state index < -0.39 is 0 Å². The van der Waals surface area contributed by atoms with Crippen molar-refractivity contribution >= 4 is 27.2 Å². The summed E-state index contributed by atoms with van der Waals surface area (Å²) >= 11 is 3.52. The molecule has 0 fully saturated rings. The number of benzene rings is 2. The van der Waals surface area contributed by atoms with E-state index in [-0.39, 0.29) is 0 Å². The van der Waals surface area contributed by atoms with E-state index >= 15 is 0 Å². The minimum absolute atomic E-state index is 0.753. The van der Waals surface area contributed by atoms with Crippen LogP contribution in [0.5, 0.6) is 0 Å². The van der Waals surface area contributed by atoms with Gasteiger partial charge in [-0.25, -0.2) is 0 Å². The summed E-state index contributed by atoms with van der Waals surface area (Å²) < 4.78 is 1.03. The van der Waals surface area contributed by atoms with Gasteiger partial charge in [-0.1, -0.05) is 58.9 Å². The van der Waals surface area contributed by atoms with Gasteiger partial charge in [-0.3, -0.25) is 0 Å². The molecule has 0 radical (unpaired) electrons. The second kappa shape index (κ2) is 4.54. The Bertz CT molecular complexity index is 484. The van der Waals surface area contributed by atoms with E-state index in [0.717, 1.165) is 26.9 Å². The third-order valence-corrected chi connectivity index (χ3v) is 3.18. The smallest absolute Gasteiger partial charge is 0.0393 e. The van der Waals surface area contributed by atoms with Crippen molar-refractivity contribution in [1.29, 1.82) is 0 Å². The Labute approximate surface area is 104 Å². The number of halogens is 1. The summed E-state index contributed by atoms with van der Waals surface area (Å²) in [5.74, 6) is 0. The van der Waals surface area contributed by atoms with E-state index in [1.165, 1.54) is 0 Å². The minimum atomic E-state index is 0.753. The maximum absolute atomic E-state index is 5.93. The molecule has 0 aliphatic heterocycles. The molecule has 0 amide bonds. The highest BCUT2D eigenvalue weighted by molar-refractivity contribution is 9.10. The summed E-state index contributed by atoms with van der Waals surface area (Å²) in [7, 11) is 0. The summed E-state index contributed by atoms with van der Waals surface area (Å²) in [6.45, 7) is 4.11. The van der Waals surface area contributed by atoms with Crippen LogP contribution in [-0.2, 0) is 0 Å². The van der Waals surface area contributed by atoms with Gasteiger partial charge in [0.1, 0.15) is 0 Å². The number of hydrogen-bond acceptors (Lipinski definition) is 1. The molecule has 0 saturated carbocycles. The van der Waals surface area contributed by atoms with Gasteiger partial charge in [-0.05, 0) is 23.3 Å². The van der Waals surface area contributed by atoms with Crippen molar-refractivity contribution in [2.75, 3.05) is 5.73 Å². The van der Waals surface area contributed by atoms with Gasteiger partial charge < -0.3 is 5.73 Å². The molecule has 2 heteroatoms. The molecule has 2 aromatic carbocycles. The fourth-order valence-electron chi connectivity index (χ4n) is 1.62. The normalized spacial score (nSPS) is 10.1. The number of nitrogens with two attached hydrogens (primary N) is 1. The average Bonchev–Trinajstić information content (AvgIpc) is 2.29. The first-order valence-corrected chi connectivity index (χ1v) is 5.78. The lowest BCUT2D eigenvalue weighted by Crippen LogP contribution is -1.94. The Kier molecular flexibility index (Phi) is 3.11. The van der Waals surface area contributed by atoms with Gasteiger partial charge in [0.2, 0.25) is 0 Å². The molecule has 0 aliphatic rings. The third kappa shape index (κ3) is 2.02. The molecule has 2 aromatic rings. The maximum atomic E-state index is 5.93. The van der Waals surface area contributed by atoms with Crippen molar-refractivity contribution in [3.8, 4) is 0 Å². The van der Waals surface area contributed by atoms with Gasteiger partial charge in [0.05, 0.1) is 0 Å². The largest absolute Gasteiger partial charge is 0.398 e.